The molecule has 5 heteroatoms. The molecule has 2 aromatic carbocycles. The molecule has 1 amide bonds. The molecule has 1 atom stereocenters. The second-order valence-corrected chi connectivity index (χ2v) is 7.06. The van der Waals surface area contributed by atoms with Gasteiger partial charge < -0.3 is 9.15 Å². The van der Waals surface area contributed by atoms with Crippen molar-refractivity contribution in [1.29, 1.82) is 0 Å². The molecule has 1 aromatic heterocycles. The molecule has 0 N–H and O–H groups in total. The molecule has 132 valence electrons. The van der Waals surface area contributed by atoms with E-state index in [4.69, 9.17) is 9.15 Å². The Morgan fingerprint density at radius 1 is 1.19 bits per heavy atom. The smallest absolute Gasteiger partial charge is 0.305 e. The van der Waals surface area contributed by atoms with Crippen LogP contribution in [0.15, 0.2) is 46.9 Å². The number of hydrogen-bond donors (Lipinski definition) is 0. The van der Waals surface area contributed by atoms with Crippen molar-refractivity contribution in [1.82, 2.24) is 4.98 Å². The maximum Gasteiger partial charge on any atom is 0.305 e. The molecule has 2 aliphatic carbocycles. The number of aromatic nitrogens is 1. The van der Waals surface area contributed by atoms with Gasteiger partial charge in [0.2, 0.25) is 5.91 Å². The fraction of sp³-hybridized carbons (Fsp3) is 0.333. The monoisotopic (exact) mass is 348 g/mol. The number of fused-ring (bicyclic) bond motifs is 2. The highest BCUT2D eigenvalue weighted by atomic mass is 16.5. The predicted octanol–water partition coefficient (Wildman–Crippen LogP) is 4.06. The molecule has 0 spiro atoms. The lowest BCUT2D eigenvalue weighted by atomic mass is 9.99. The summed E-state index contributed by atoms with van der Waals surface area (Å²) < 4.78 is 11.2. The van der Waals surface area contributed by atoms with Crippen molar-refractivity contribution in [3.63, 3.8) is 0 Å². The maximum atomic E-state index is 13.4. The number of rotatable bonds is 4. The zero-order valence-electron chi connectivity index (χ0n) is 14.6. The third-order valence-electron chi connectivity index (χ3n) is 5.36. The van der Waals surface area contributed by atoms with E-state index in [2.05, 4.69) is 4.98 Å². The molecule has 26 heavy (non-hydrogen) atoms. The van der Waals surface area contributed by atoms with E-state index in [0.717, 1.165) is 48.1 Å². The third-order valence-corrected chi connectivity index (χ3v) is 5.36. The number of hydrogen-bond acceptors (Lipinski definition) is 4. The highest BCUT2D eigenvalue weighted by Gasteiger charge is 2.41. The van der Waals surface area contributed by atoms with E-state index in [1.165, 1.54) is 5.56 Å². The van der Waals surface area contributed by atoms with Crippen LogP contribution in [0.1, 0.15) is 36.3 Å². The number of carbonyl (C=O) groups is 1. The molecule has 1 saturated carbocycles. The van der Waals surface area contributed by atoms with Gasteiger partial charge in [0.25, 0.3) is 0 Å². The third kappa shape index (κ3) is 2.46. The molecule has 5 rings (SSSR count). The number of carbonyl (C=O) groups excluding carboxylic acids is 1. The number of nitrogens with zero attached hydrogens (tertiary/aromatic N) is 2. The maximum absolute atomic E-state index is 13.4. The summed E-state index contributed by atoms with van der Waals surface area (Å²) in [6.45, 7) is 0. The van der Waals surface area contributed by atoms with E-state index in [1.807, 2.05) is 42.5 Å². The van der Waals surface area contributed by atoms with Gasteiger partial charge in [-0.1, -0.05) is 18.2 Å². The second kappa shape index (κ2) is 5.87. The highest BCUT2D eigenvalue weighted by Crippen LogP contribution is 2.41. The molecular formula is C21H20N2O3. The number of anilines is 1. The van der Waals surface area contributed by atoms with E-state index in [9.17, 15) is 4.79 Å². The van der Waals surface area contributed by atoms with E-state index in [0.29, 0.717) is 6.01 Å². The van der Waals surface area contributed by atoms with Crippen molar-refractivity contribution in [3.05, 3.63) is 53.6 Å². The van der Waals surface area contributed by atoms with Crippen LogP contribution in [0.4, 0.5) is 6.01 Å². The molecule has 2 aliphatic rings. The van der Waals surface area contributed by atoms with Gasteiger partial charge in [0.15, 0.2) is 5.58 Å². The van der Waals surface area contributed by atoms with Gasteiger partial charge in [0, 0.05) is 6.04 Å². The lowest BCUT2D eigenvalue weighted by Crippen LogP contribution is -2.36. The predicted molar refractivity (Wildman–Crippen MR) is 98.6 cm³/mol. The van der Waals surface area contributed by atoms with Crippen molar-refractivity contribution >= 4 is 23.0 Å². The summed E-state index contributed by atoms with van der Waals surface area (Å²) in [6.07, 6.45) is 3.74. The number of oxazole rings is 1. The molecule has 1 heterocycles. The minimum absolute atomic E-state index is 0.1000. The number of benzene rings is 2. The Kier molecular flexibility index (Phi) is 3.48. The number of aryl methyl sites for hydroxylation is 1. The van der Waals surface area contributed by atoms with Gasteiger partial charge in [0.1, 0.15) is 11.3 Å². The molecule has 1 unspecified atom stereocenters. The summed E-state index contributed by atoms with van der Waals surface area (Å²) in [7, 11) is 1.67. The van der Waals surface area contributed by atoms with Crippen molar-refractivity contribution < 1.29 is 13.9 Å². The van der Waals surface area contributed by atoms with Crippen LogP contribution in [0.3, 0.4) is 0 Å². The lowest BCUT2D eigenvalue weighted by Gasteiger charge is -2.22. The first kappa shape index (κ1) is 15.4. The molecule has 0 saturated heterocycles. The fourth-order valence-electron chi connectivity index (χ4n) is 3.87. The minimum Gasteiger partial charge on any atom is -0.497 e. The first-order valence-corrected chi connectivity index (χ1v) is 9.10. The van der Waals surface area contributed by atoms with Gasteiger partial charge in [-0.05, 0) is 61.1 Å². The zero-order valence-corrected chi connectivity index (χ0v) is 14.6. The van der Waals surface area contributed by atoms with Crippen LogP contribution >= 0.6 is 0 Å². The van der Waals surface area contributed by atoms with Gasteiger partial charge in [-0.15, -0.1) is 0 Å². The van der Waals surface area contributed by atoms with Crippen LogP contribution in [0.2, 0.25) is 0 Å². The summed E-state index contributed by atoms with van der Waals surface area (Å²) >= 11 is 0. The summed E-state index contributed by atoms with van der Waals surface area (Å²) in [6, 6.07) is 14.3. The SMILES string of the molecule is COc1ccc2c(c1)CCC2C(=O)N(c1nc2ccccc2o1)C1CC1. The van der Waals surface area contributed by atoms with Crippen molar-refractivity contribution in [3.8, 4) is 5.75 Å². The van der Waals surface area contributed by atoms with Gasteiger partial charge in [0.05, 0.1) is 13.0 Å². The van der Waals surface area contributed by atoms with E-state index >= 15 is 0 Å². The minimum atomic E-state index is -0.133. The van der Waals surface area contributed by atoms with Crippen LogP contribution in [0.5, 0.6) is 5.75 Å². The quantitative estimate of drug-likeness (QED) is 0.713. The fourth-order valence-corrected chi connectivity index (χ4v) is 3.87. The van der Waals surface area contributed by atoms with Crippen LogP contribution in [-0.4, -0.2) is 24.0 Å². The van der Waals surface area contributed by atoms with Gasteiger partial charge in [-0.3, -0.25) is 9.69 Å². The first-order chi connectivity index (χ1) is 12.7. The summed E-state index contributed by atoms with van der Waals surface area (Å²) in [5, 5.41) is 0. The number of methoxy groups -OCH3 is 1. The van der Waals surface area contributed by atoms with Crippen LogP contribution in [0, 0.1) is 0 Å². The van der Waals surface area contributed by atoms with Crippen molar-refractivity contribution in [2.45, 2.75) is 37.6 Å². The molecule has 0 aliphatic heterocycles. The Hall–Kier alpha value is -2.82. The van der Waals surface area contributed by atoms with Crippen molar-refractivity contribution in [2.24, 2.45) is 0 Å². The highest BCUT2D eigenvalue weighted by molar-refractivity contribution is 5.98. The van der Waals surface area contributed by atoms with Crippen LogP contribution in [0.25, 0.3) is 11.1 Å². The lowest BCUT2D eigenvalue weighted by molar-refractivity contribution is -0.120. The first-order valence-electron chi connectivity index (χ1n) is 9.10. The summed E-state index contributed by atoms with van der Waals surface area (Å²) in [5.41, 5.74) is 3.82. The molecule has 5 nitrogen and oxygen atoms in total. The summed E-state index contributed by atoms with van der Waals surface area (Å²) in [4.78, 5) is 19.8. The Morgan fingerprint density at radius 3 is 2.81 bits per heavy atom. The Labute approximate surface area is 151 Å². The Morgan fingerprint density at radius 2 is 2.04 bits per heavy atom. The normalized spacial score (nSPS) is 18.7. The standard InChI is InChI=1S/C21H20N2O3/c1-25-15-9-11-16-13(12-15)6-10-17(16)20(24)23(14-7-8-14)21-22-18-4-2-3-5-19(18)26-21/h2-5,9,11-12,14,17H,6-8,10H2,1H3. The van der Waals surface area contributed by atoms with Gasteiger partial charge >= 0.3 is 6.01 Å². The average Bonchev–Trinajstić information content (AvgIpc) is 3.26. The number of amides is 1. The Balaban J connectivity index is 1.50. The van der Waals surface area contributed by atoms with E-state index < -0.39 is 0 Å². The zero-order chi connectivity index (χ0) is 17.7. The number of ether oxygens (including phenoxy) is 1. The summed E-state index contributed by atoms with van der Waals surface area (Å²) in [5.74, 6) is 0.810. The van der Waals surface area contributed by atoms with Crippen LogP contribution in [-0.2, 0) is 11.2 Å². The number of para-hydroxylation sites is 2. The average molecular weight is 348 g/mol. The van der Waals surface area contributed by atoms with Crippen molar-refractivity contribution in [2.75, 3.05) is 12.0 Å². The largest absolute Gasteiger partial charge is 0.497 e. The molecule has 1 fully saturated rings. The molecule has 0 radical (unpaired) electrons. The molecule has 3 aromatic rings. The Bertz CT molecular complexity index is 957. The van der Waals surface area contributed by atoms with E-state index in [1.54, 1.807) is 12.0 Å². The molecule has 0 bridgehead atoms. The topological polar surface area (TPSA) is 55.6 Å². The van der Waals surface area contributed by atoms with Gasteiger partial charge in [-0.25, -0.2) is 0 Å². The van der Waals surface area contributed by atoms with E-state index in [-0.39, 0.29) is 17.9 Å². The van der Waals surface area contributed by atoms with Gasteiger partial charge in [-0.2, -0.15) is 4.98 Å². The van der Waals surface area contributed by atoms with Crippen LogP contribution < -0.4 is 9.64 Å². The second-order valence-electron chi connectivity index (χ2n) is 7.06. The molecular weight excluding hydrogens is 328 g/mol.